The highest BCUT2D eigenvalue weighted by atomic mass is 16.5. The molecule has 23 heavy (non-hydrogen) atoms. The second-order valence-electron chi connectivity index (χ2n) is 6.15. The first-order valence-corrected chi connectivity index (χ1v) is 7.85. The van der Waals surface area contributed by atoms with E-state index in [1.165, 1.54) is 0 Å². The van der Waals surface area contributed by atoms with E-state index in [2.05, 4.69) is 24.8 Å². The highest BCUT2D eigenvalue weighted by molar-refractivity contribution is 5.37. The molecule has 4 heterocycles. The van der Waals surface area contributed by atoms with Gasteiger partial charge in [0.25, 0.3) is 0 Å². The zero-order valence-corrected chi connectivity index (χ0v) is 13.1. The number of ether oxygens (including phenoxy) is 2. The fourth-order valence-corrected chi connectivity index (χ4v) is 3.18. The molecular weight excluding hydrogens is 294 g/mol. The van der Waals surface area contributed by atoms with Crippen LogP contribution in [0.5, 0.6) is 6.01 Å². The lowest BCUT2D eigenvalue weighted by Crippen LogP contribution is -2.66. The summed E-state index contributed by atoms with van der Waals surface area (Å²) in [5, 5.41) is 0. The van der Waals surface area contributed by atoms with Crippen molar-refractivity contribution in [2.45, 2.75) is 31.5 Å². The Hall–Kier alpha value is -2.28. The van der Waals surface area contributed by atoms with Crippen molar-refractivity contribution in [2.75, 3.05) is 24.6 Å². The maximum absolute atomic E-state index is 6.03. The summed E-state index contributed by atoms with van der Waals surface area (Å²) in [7, 11) is 0. The molecule has 0 saturated carbocycles. The SMILES string of the molecule is Cc1ccnc(OC2CCOC3(C2)CN(c2ncccn2)C3)n1. The summed E-state index contributed by atoms with van der Waals surface area (Å²) in [6.45, 7) is 4.22. The molecule has 0 N–H and O–H groups in total. The minimum absolute atomic E-state index is 0.0874. The van der Waals surface area contributed by atoms with Gasteiger partial charge in [0.15, 0.2) is 0 Å². The Morgan fingerprint density at radius 2 is 2.04 bits per heavy atom. The van der Waals surface area contributed by atoms with Crippen molar-refractivity contribution in [3.8, 4) is 6.01 Å². The topological polar surface area (TPSA) is 73.3 Å². The van der Waals surface area contributed by atoms with E-state index in [1.807, 2.05) is 19.1 Å². The van der Waals surface area contributed by atoms with Crippen LogP contribution in [0.3, 0.4) is 0 Å². The van der Waals surface area contributed by atoms with Gasteiger partial charge in [-0.05, 0) is 19.1 Å². The number of aryl methyl sites for hydroxylation is 1. The third kappa shape index (κ3) is 2.96. The molecule has 0 aliphatic carbocycles. The molecule has 7 nitrogen and oxygen atoms in total. The second kappa shape index (κ2) is 5.73. The molecule has 0 aromatic carbocycles. The van der Waals surface area contributed by atoms with Gasteiger partial charge in [0.2, 0.25) is 5.95 Å². The third-order valence-electron chi connectivity index (χ3n) is 4.29. The maximum atomic E-state index is 6.03. The number of hydrogen-bond donors (Lipinski definition) is 0. The minimum Gasteiger partial charge on any atom is -0.460 e. The second-order valence-corrected chi connectivity index (χ2v) is 6.15. The Bertz CT molecular complexity index is 675. The molecular formula is C16H19N5O2. The minimum atomic E-state index is -0.161. The molecule has 2 aromatic heterocycles. The molecule has 2 saturated heterocycles. The van der Waals surface area contributed by atoms with E-state index in [0.29, 0.717) is 12.6 Å². The van der Waals surface area contributed by atoms with Gasteiger partial charge in [-0.2, -0.15) is 0 Å². The molecule has 2 aromatic rings. The van der Waals surface area contributed by atoms with Crippen LogP contribution in [-0.2, 0) is 4.74 Å². The molecule has 4 rings (SSSR count). The van der Waals surface area contributed by atoms with Crippen LogP contribution in [0.15, 0.2) is 30.7 Å². The van der Waals surface area contributed by atoms with Crippen molar-refractivity contribution in [3.05, 3.63) is 36.4 Å². The summed E-state index contributed by atoms with van der Waals surface area (Å²) in [5.41, 5.74) is 0.749. The fraction of sp³-hybridized carbons (Fsp3) is 0.500. The molecule has 2 fully saturated rings. The van der Waals surface area contributed by atoms with Crippen molar-refractivity contribution in [2.24, 2.45) is 0 Å². The maximum Gasteiger partial charge on any atom is 0.316 e. The van der Waals surface area contributed by atoms with Gasteiger partial charge in [-0.25, -0.2) is 19.9 Å². The van der Waals surface area contributed by atoms with Gasteiger partial charge in [0.05, 0.1) is 19.7 Å². The van der Waals surface area contributed by atoms with Crippen LogP contribution in [0.1, 0.15) is 18.5 Å². The van der Waals surface area contributed by atoms with Crippen LogP contribution in [0.25, 0.3) is 0 Å². The van der Waals surface area contributed by atoms with Gasteiger partial charge in [0.1, 0.15) is 11.7 Å². The van der Waals surface area contributed by atoms with E-state index in [9.17, 15) is 0 Å². The first-order chi connectivity index (χ1) is 11.2. The summed E-state index contributed by atoms with van der Waals surface area (Å²) in [6.07, 6.45) is 7.04. The summed E-state index contributed by atoms with van der Waals surface area (Å²) < 4.78 is 12.0. The van der Waals surface area contributed by atoms with Crippen molar-refractivity contribution in [1.82, 2.24) is 19.9 Å². The van der Waals surface area contributed by atoms with Crippen LogP contribution < -0.4 is 9.64 Å². The smallest absolute Gasteiger partial charge is 0.316 e. The zero-order valence-electron chi connectivity index (χ0n) is 13.1. The van der Waals surface area contributed by atoms with E-state index >= 15 is 0 Å². The Kier molecular flexibility index (Phi) is 3.57. The van der Waals surface area contributed by atoms with E-state index in [4.69, 9.17) is 9.47 Å². The molecule has 1 unspecified atom stereocenters. The van der Waals surface area contributed by atoms with Crippen LogP contribution in [0.2, 0.25) is 0 Å². The monoisotopic (exact) mass is 313 g/mol. The van der Waals surface area contributed by atoms with Crippen molar-refractivity contribution < 1.29 is 9.47 Å². The molecule has 0 amide bonds. The molecule has 0 bridgehead atoms. The van der Waals surface area contributed by atoms with Gasteiger partial charge in [-0.3, -0.25) is 0 Å². The first kappa shape index (κ1) is 14.3. The number of hydrogen-bond acceptors (Lipinski definition) is 7. The Morgan fingerprint density at radius 3 is 2.83 bits per heavy atom. The lowest BCUT2D eigenvalue weighted by Gasteiger charge is -2.52. The number of anilines is 1. The summed E-state index contributed by atoms with van der Waals surface area (Å²) in [6, 6.07) is 4.14. The van der Waals surface area contributed by atoms with Gasteiger partial charge in [-0.15, -0.1) is 0 Å². The third-order valence-corrected chi connectivity index (χ3v) is 4.29. The number of rotatable bonds is 3. The average Bonchev–Trinajstić information content (AvgIpc) is 2.54. The molecule has 2 aliphatic rings. The largest absolute Gasteiger partial charge is 0.460 e. The molecule has 1 atom stereocenters. The highest BCUT2D eigenvalue weighted by Gasteiger charge is 2.49. The van der Waals surface area contributed by atoms with Gasteiger partial charge in [-0.1, -0.05) is 0 Å². The molecule has 2 aliphatic heterocycles. The van der Waals surface area contributed by atoms with Crippen molar-refractivity contribution in [3.63, 3.8) is 0 Å². The molecule has 7 heteroatoms. The van der Waals surface area contributed by atoms with Gasteiger partial charge < -0.3 is 14.4 Å². The lowest BCUT2D eigenvalue weighted by molar-refractivity contribution is -0.127. The Morgan fingerprint density at radius 1 is 1.22 bits per heavy atom. The van der Waals surface area contributed by atoms with E-state index in [-0.39, 0.29) is 11.7 Å². The zero-order chi connectivity index (χ0) is 15.7. The molecule has 120 valence electrons. The Balaban J connectivity index is 1.39. The number of nitrogens with zero attached hydrogens (tertiary/aromatic N) is 5. The van der Waals surface area contributed by atoms with Crippen LogP contribution in [0, 0.1) is 6.92 Å². The lowest BCUT2D eigenvalue weighted by atomic mass is 9.85. The quantitative estimate of drug-likeness (QED) is 0.847. The average molecular weight is 313 g/mol. The Labute approximate surface area is 134 Å². The van der Waals surface area contributed by atoms with Gasteiger partial charge >= 0.3 is 6.01 Å². The fourth-order valence-electron chi connectivity index (χ4n) is 3.18. The highest BCUT2D eigenvalue weighted by Crippen LogP contribution is 2.36. The van der Waals surface area contributed by atoms with Crippen molar-refractivity contribution >= 4 is 5.95 Å². The van der Waals surface area contributed by atoms with Crippen LogP contribution in [-0.4, -0.2) is 51.3 Å². The molecule has 1 spiro atoms. The van der Waals surface area contributed by atoms with Crippen LogP contribution in [0.4, 0.5) is 5.95 Å². The molecule has 0 radical (unpaired) electrons. The normalized spacial score (nSPS) is 22.7. The van der Waals surface area contributed by atoms with E-state index in [1.54, 1.807) is 18.6 Å². The summed E-state index contributed by atoms with van der Waals surface area (Å²) in [5.74, 6) is 0.756. The number of aromatic nitrogens is 4. The van der Waals surface area contributed by atoms with E-state index in [0.717, 1.165) is 37.6 Å². The van der Waals surface area contributed by atoms with Gasteiger partial charge in [0, 0.05) is 37.1 Å². The first-order valence-electron chi connectivity index (χ1n) is 7.85. The van der Waals surface area contributed by atoms with Crippen molar-refractivity contribution in [1.29, 1.82) is 0 Å². The van der Waals surface area contributed by atoms with E-state index < -0.39 is 0 Å². The summed E-state index contributed by atoms with van der Waals surface area (Å²) in [4.78, 5) is 19.2. The predicted molar refractivity (Wildman–Crippen MR) is 83.3 cm³/mol. The standard InChI is InChI=1S/C16H19N5O2/c1-12-3-7-19-15(20-12)23-13-4-8-22-16(9-13)10-21(11-16)14-17-5-2-6-18-14/h2-3,5-7,13H,4,8-11H2,1H3. The predicted octanol–water partition coefficient (Wildman–Crippen LogP) is 1.39. The summed E-state index contributed by atoms with van der Waals surface area (Å²) >= 11 is 0. The van der Waals surface area contributed by atoms with Crippen LogP contribution >= 0.6 is 0 Å².